The molecule has 0 saturated carbocycles. The maximum atomic E-state index is 12.9. The molecule has 0 bridgehead atoms. The molecule has 2 amide bonds. The number of urea groups is 1. The van der Waals surface area contributed by atoms with E-state index in [-0.39, 0.29) is 17.9 Å². The molecule has 1 saturated heterocycles. The number of ether oxygens (including phenoxy) is 1. The topological polar surface area (TPSA) is 114 Å². The van der Waals surface area contributed by atoms with Crippen molar-refractivity contribution < 1.29 is 19.2 Å². The highest BCUT2D eigenvalue weighted by atomic mass is 16.6. The largest absolute Gasteiger partial charge is 0.463 e. The van der Waals surface area contributed by atoms with Crippen molar-refractivity contribution in [3.05, 3.63) is 51.2 Å². The molecule has 3 atom stereocenters. The first-order chi connectivity index (χ1) is 14.3. The number of nitro groups is 1. The number of benzene rings is 1. The Morgan fingerprint density at radius 2 is 2.00 bits per heavy atom. The van der Waals surface area contributed by atoms with Gasteiger partial charge in [-0.25, -0.2) is 9.59 Å². The molecule has 0 unspecified atom stereocenters. The van der Waals surface area contributed by atoms with E-state index in [2.05, 4.69) is 29.4 Å². The highest BCUT2D eigenvalue weighted by Gasteiger charge is 2.35. The first kappa shape index (κ1) is 21.8. The minimum absolute atomic E-state index is 0.108. The molecule has 2 N–H and O–H groups in total. The summed E-state index contributed by atoms with van der Waals surface area (Å²) in [6.07, 6.45) is 1.14. The number of hydrogen-bond acceptors (Lipinski definition) is 6. The summed E-state index contributed by atoms with van der Waals surface area (Å²) in [7, 11) is 0. The maximum absolute atomic E-state index is 12.9. The summed E-state index contributed by atoms with van der Waals surface area (Å²) in [5.41, 5.74) is 1.11. The zero-order valence-corrected chi connectivity index (χ0v) is 17.5. The highest BCUT2D eigenvalue weighted by molar-refractivity contribution is 5.95. The van der Waals surface area contributed by atoms with Crippen molar-refractivity contribution >= 4 is 17.7 Å². The van der Waals surface area contributed by atoms with Crippen molar-refractivity contribution in [2.45, 2.75) is 33.2 Å². The van der Waals surface area contributed by atoms with E-state index in [1.807, 2.05) is 0 Å². The molecule has 1 fully saturated rings. The normalized spacial score (nSPS) is 24.8. The van der Waals surface area contributed by atoms with E-state index >= 15 is 0 Å². The molecule has 30 heavy (non-hydrogen) atoms. The Labute approximate surface area is 175 Å². The van der Waals surface area contributed by atoms with Gasteiger partial charge in [0.1, 0.15) is 0 Å². The van der Waals surface area contributed by atoms with E-state index in [9.17, 15) is 19.7 Å². The van der Waals surface area contributed by atoms with E-state index in [4.69, 9.17) is 4.74 Å². The van der Waals surface area contributed by atoms with E-state index in [0.717, 1.165) is 19.5 Å². The molecule has 0 aromatic heterocycles. The third kappa shape index (κ3) is 4.96. The van der Waals surface area contributed by atoms with Crippen LogP contribution in [0.15, 0.2) is 35.5 Å². The van der Waals surface area contributed by atoms with Crippen LogP contribution in [0.4, 0.5) is 10.5 Å². The highest BCUT2D eigenvalue weighted by Crippen LogP contribution is 2.31. The standard InChI is InChI=1S/C21H28N4O5/c1-4-30-20(26)18-17(12-24-10-13(2)8-14(3)11-24)22-21(27)23-19(18)15-6-5-7-16(9-15)25(28)29/h5-7,9,13-14,19H,4,8,10-12H2,1-3H3,(H2,22,23,27)/t13-,14+,19-/m1/s1. The molecule has 1 aromatic rings. The predicted molar refractivity (Wildman–Crippen MR) is 111 cm³/mol. The fraction of sp³-hybridized carbons (Fsp3) is 0.524. The monoisotopic (exact) mass is 416 g/mol. The van der Waals surface area contributed by atoms with E-state index in [1.54, 1.807) is 13.0 Å². The first-order valence-corrected chi connectivity index (χ1v) is 10.2. The summed E-state index contributed by atoms with van der Waals surface area (Å²) in [5, 5.41) is 16.7. The fourth-order valence-electron chi connectivity index (χ4n) is 4.41. The predicted octanol–water partition coefficient (Wildman–Crippen LogP) is 2.74. The summed E-state index contributed by atoms with van der Waals surface area (Å²) < 4.78 is 5.27. The van der Waals surface area contributed by atoms with Crippen LogP contribution in [0.3, 0.4) is 0 Å². The molecular weight excluding hydrogens is 388 g/mol. The number of non-ortho nitro benzene ring substituents is 1. The number of nitro benzene ring substituents is 1. The second-order valence-corrected chi connectivity index (χ2v) is 8.14. The van der Waals surface area contributed by atoms with Gasteiger partial charge in [-0.15, -0.1) is 0 Å². The molecule has 0 aliphatic carbocycles. The van der Waals surface area contributed by atoms with Crippen molar-refractivity contribution in [2.24, 2.45) is 11.8 Å². The summed E-state index contributed by atoms with van der Waals surface area (Å²) >= 11 is 0. The Balaban J connectivity index is 2.01. The van der Waals surface area contributed by atoms with Crippen LogP contribution in [0.1, 0.15) is 38.8 Å². The van der Waals surface area contributed by atoms with Gasteiger partial charge in [0.25, 0.3) is 5.69 Å². The smallest absolute Gasteiger partial charge is 0.338 e. The van der Waals surface area contributed by atoms with Gasteiger partial charge in [0.2, 0.25) is 0 Å². The van der Waals surface area contributed by atoms with Crippen LogP contribution < -0.4 is 10.6 Å². The molecule has 2 heterocycles. The van der Waals surface area contributed by atoms with Crippen LogP contribution in [0.25, 0.3) is 0 Å². The number of esters is 1. The number of hydrogen-bond donors (Lipinski definition) is 2. The molecular formula is C21H28N4O5. The van der Waals surface area contributed by atoms with Crippen LogP contribution in [-0.4, -0.2) is 48.1 Å². The lowest BCUT2D eigenvalue weighted by molar-refractivity contribution is -0.384. The number of nitrogens with zero attached hydrogens (tertiary/aromatic N) is 2. The minimum Gasteiger partial charge on any atom is -0.463 e. The van der Waals surface area contributed by atoms with Gasteiger partial charge >= 0.3 is 12.0 Å². The van der Waals surface area contributed by atoms with E-state index in [0.29, 0.717) is 29.6 Å². The Kier molecular flexibility index (Phi) is 6.71. The maximum Gasteiger partial charge on any atom is 0.338 e. The van der Waals surface area contributed by atoms with Gasteiger partial charge in [-0.2, -0.15) is 0 Å². The molecule has 2 aliphatic rings. The molecule has 9 heteroatoms. The molecule has 2 aliphatic heterocycles. The zero-order valence-electron chi connectivity index (χ0n) is 17.5. The van der Waals surface area contributed by atoms with Crippen LogP contribution >= 0.6 is 0 Å². The number of rotatable bonds is 6. The van der Waals surface area contributed by atoms with E-state index < -0.39 is 23.0 Å². The number of carbonyl (C=O) groups excluding carboxylic acids is 2. The van der Waals surface area contributed by atoms with Gasteiger partial charge in [-0.1, -0.05) is 26.0 Å². The zero-order chi connectivity index (χ0) is 21.8. The van der Waals surface area contributed by atoms with Crippen molar-refractivity contribution in [3.63, 3.8) is 0 Å². The van der Waals surface area contributed by atoms with Gasteiger partial charge in [0.15, 0.2) is 0 Å². The third-order valence-electron chi connectivity index (χ3n) is 5.39. The van der Waals surface area contributed by atoms with Gasteiger partial charge in [-0.05, 0) is 30.7 Å². The lowest BCUT2D eigenvalue weighted by atomic mass is 9.91. The minimum atomic E-state index is -0.827. The van der Waals surface area contributed by atoms with Crippen LogP contribution in [0.2, 0.25) is 0 Å². The van der Waals surface area contributed by atoms with Crippen molar-refractivity contribution in [2.75, 3.05) is 26.2 Å². The Morgan fingerprint density at radius 3 is 2.63 bits per heavy atom. The SMILES string of the molecule is CCOC(=O)C1=C(CN2C[C@H](C)C[C@H](C)C2)NC(=O)N[C@@H]1c1cccc([N+](=O)[O-])c1. The summed E-state index contributed by atoms with van der Waals surface area (Å²) in [6, 6.07) is 4.67. The van der Waals surface area contributed by atoms with Crippen molar-refractivity contribution in [1.29, 1.82) is 0 Å². The van der Waals surface area contributed by atoms with Gasteiger partial charge < -0.3 is 15.4 Å². The van der Waals surface area contributed by atoms with Gasteiger partial charge in [0.05, 0.1) is 23.1 Å². The molecule has 0 spiro atoms. The Morgan fingerprint density at radius 1 is 1.30 bits per heavy atom. The average molecular weight is 416 g/mol. The number of likely N-dealkylation sites (tertiary alicyclic amines) is 1. The molecule has 9 nitrogen and oxygen atoms in total. The van der Waals surface area contributed by atoms with Crippen LogP contribution in [0, 0.1) is 22.0 Å². The summed E-state index contributed by atoms with van der Waals surface area (Å²) in [5.74, 6) is 0.491. The van der Waals surface area contributed by atoms with Crippen molar-refractivity contribution in [1.82, 2.24) is 15.5 Å². The first-order valence-electron chi connectivity index (χ1n) is 10.2. The van der Waals surface area contributed by atoms with Crippen LogP contribution in [0.5, 0.6) is 0 Å². The third-order valence-corrected chi connectivity index (χ3v) is 5.39. The number of carbonyl (C=O) groups is 2. The Bertz CT molecular complexity index is 859. The number of amides is 2. The average Bonchev–Trinajstić information content (AvgIpc) is 2.67. The fourth-order valence-corrected chi connectivity index (χ4v) is 4.41. The quantitative estimate of drug-likeness (QED) is 0.419. The molecule has 3 rings (SSSR count). The second kappa shape index (κ2) is 9.25. The Hall–Kier alpha value is -2.94. The van der Waals surface area contributed by atoms with E-state index in [1.165, 1.54) is 18.2 Å². The van der Waals surface area contributed by atoms with Crippen LogP contribution in [-0.2, 0) is 9.53 Å². The summed E-state index contributed by atoms with van der Waals surface area (Å²) in [6.45, 7) is 8.42. The second-order valence-electron chi connectivity index (χ2n) is 8.14. The number of nitrogens with one attached hydrogen (secondary N) is 2. The van der Waals surface area contributed by atoms with Gasteiger partial charge in [-0.3, -0.25) is 15.0 Å². The lowest BCUT2D eigenvalue weighted by Crippen LogP contribution is -2.50. The molecule has 0 radical (unpaired) electrons. The van der Waals surface area contributed by atoms with Crippen molar-refractivity contribution in [3.8, 4) is 0 Å². The number of piperidine rings is 1. The molecule has 1 aromatic carbocycles. The lowest BCUT2D eigenvalue weighted by Gasteiger charge is -2.37. The summed E-state index contributed by atoms with van der Waals surface area (Å²) in [4.78, 5) is 38.2. The molecule has 162 valence electrons. The van der Waals surface area contributed by atoms with Gasteiger partial charge in [0, 0.05) is 37.5 Å².